The maximum atomic E-state index is 12.4. The number of benzene rings is 2. The third-order valence-corrected chi connectivity index (χ3v) is 5.58. The van der Waals surface area contributed by atoms with Crippen molar-refractivity contribution < 1.29 is 14.3 Å². The van der Waals surface area contributed by atoms with Crippen LogP contribution in [0.2, 0.25) is 10.0 Å². The fourth-order valence-electron chi connectivity index (χ4n) is 2.90. The average molecular weight is 471 g/mol. The van der Waals surface area contributed by atoms with Crippen LogP contribution in [-0.2, 0) is 11.2 Å². The van der Waals surface area contributed by atoms with Crippen molar-refractivity contribution in [1.29, 1.82) is 0 Å². The van der Waals surface area contributed by atoms with Crippen LogP contribution in [0, 0.1) is 0 Å². The van der Waals surface area contributed by atoms with E-state index in [9.17, 15) is 4.79 Å². The predicted octanol–water partition coefficient (Wildman–Crippen LogP) is 6.43. The SMILES string of the molecule is CCOC(=O)c1[nH]c2c(Br)cccc2c1CCCOc1cccc(Cl)c1Cl. The number of ether oxygens (including phenoxy) is 2. The number of carbonyl (C=O) groups is 1. The number of rotatable bonds is 7. The number of aryl methyl sites for hydroxylation is 1. The summed E-state index contributed by atoms with van der Waals surface area (Å²) in [5.41, 5.74) is 2.29. The Kier molecular flexibility index (Phi) is 6.68. The smallest absolute Gasteiger partial charge is 0.355 e. The standard InChI is InChI=1S/C20H18BrCl2NO3/c1-2-26-20(25)19-13(12-6-3-8-14(21)18(12)24-19)7-5-11-27-16-10-4-9-15(22)17(16)23/h3-4,6,8-10,24H,2,5,7,11H2,1H3. The van der Waals surface area contributed by atoms with Crippen LogP contribution in [0.25, 0.3) is 10.9 Å². The van der Waals surface area contributed by atoms with E-state index in [1.54, 1.807) is 25.1 Å². The normalized spacial score (nSPS) is 11.0. The molecule has 0 unspecified atom stereocenters. The van der Waals surface area contributed by atoms with Crippen molar-refractivity contribution in [1.82, 2.24) is 4.98 Å². The molecule has 0 aliphatic heterocycles. The largest absolute Gasteiger partial charge is 0.492 e. The zero-order valence-corrected chi connectivity index (χ0v) is 17.7. The maximum absolute atomic E-state index is 12.4. The molecule has 142 valence electrons. The predicted molar refractivity (Wildman–Crippen MR) is 112 cm³/mol. The van der Waals surface area contributed by atoms with Crippen molar-refractivity contribution in [2.24, 2.45) is 0 Å². The molecular formula is C20H18BrCl2NO3. The van der Waals surface area contributed by atoms with E-state index < -0.39 is 0 Å². The molecule has 0 saturated heterocycles. The molecule has 0 aliphatic rings. The van der Waals surface area contributed by atoms with E-state index in [2.05, 4.69) is 20.9 Å². The molecule has 0 radical (unpaired) electrons. The summed E-state index contributed by atoms with van der Waals surface area (Å²) in [5.74, 6) is 0.200. The molecule has 0 aliphatic carbocycles. The third-order valence-electron chi connectivity index (χ3n) is 4.11. The van der Waals surface area contributed by atoms with Gasteiger partial charge in [-0.1, -0.05) is 41.4 Å². The van der Waals surface area contributed by atoms with Gasteiger partial charge in [-0.15, -0.1) is 0 Å². The number of carbonyl (C=O) groups excluding carboxylic acids is 1. The van der Waals surface area contributed by atoms with Gasteiger partial charge in [-0.05, 0) is 59.5 Å². The fraction of sp³-hybridized carbons (Fsp3) is 0.250. The van der Waals surface area contributed by atoms with Gasteiger partial charge in [0.25, 0.3) is 0 Å². The summed E-state index contributed by atoms with van der Waals surface area (Å²) in [6, 6.07) is 11.2. The minimum Gasteiger partial charge on any atom is -0.492 e. The molecule has 1 heterocycles. The van der Waals surface area contributed by atoms with Crippen molar-refractivity contribution in [2.75, 3.05) is 13.2 Å². The number of aromatic nitrogens is 1. The van der Waals surface area contributed by atoms with Crippen LogP contribution in [0.5, 0.6) is 5.75 Å². The Labute approximate surface area is 175 Å². The highest BCUT2D eigenvalue weighted by Crippen LogP contribution is 2.32. The summed E-state index contributed by atoms with van der Waals surface area (Å²) in [6.45, 7) is 2.56. The lowest BCUT2D eigenvalue weighted by atomic mass is 10.1. The van der Waals surface area contributed by atoms with Gasteiger partial charge >= 0.3 is 5.97 Å². The number of hydrogen-bond donors (Lipinski definition) is 1. The lowest BCUT2D eigenvalue weighted by Crippen LogP contribution is -2.09. The highest BCUT2D eigenvalue weighted by molar-refractivity contribution is 9.10. The minimum absolute atomic E-state index is 0.325. The molecule has 3 aromatic rings. The van der Waals surface area contributed by atoms with E-state index in [1.807, 2.05) is 18.2 Å². The van der Waals surface area contributed by atoms with Crippen molar-refractivity contribution >= 4 is 56.0 Å². The number of halogens is 3. The molecule has 7 heteroatoms. The van der Waals surface area contributed by atoms with E-state index in [0.29, 0.717) is 47.5 Å². The van der Waals surface area contributed by atoms with Gasteiger partial charge in [-0.3, -0.25) is 0 Å². The summed E-state index contributed by atoms with van der Waals surface area (Å²) in [5, 5.41) is 1.86. The van der Waals surface area contributed by atoms with Crippen molar-refractivity contribution in [3.63, 3.8) is 0 Å². The molecule has 1 N–H and O–H groups in total. The van der Waals surface area contributed by atoms with E-state index in [0.717, 1.165) is 20.9 Å². The van der Waals surface area contributed by atoms with E-state index >= 15 is 0 Å². The highest BCUT2D eigenvalue weighted by atomic mass is 79.9. The number of fused-ring (bicyclic) bond motifs is 1. The Morgan fingerprint density at radius 1 is 1.19 bits per heavy atom. The molecular weight excluding hydrogens is 453 g/mol. The first-order chi connectivity index (χ1) is 13.0. The lowest BCUT2D eigenvalue weighted by Gasteiger charge is -2.09. The number of aromatic amines is 1. The van der Waals surface area contributed by atoms with Gasteiger partial charge in [0.05, 0.1) is 23.8 Å². The molecule has 0 fully saturated rings. The van der Waals surface area contributed by atoms with Crippen LogP contribution < -0.4 is 4.74 Å². The first kappa shape index (κ1) is 20.1. The minimum atomic E-state index is -0.352. The van der Waals surface area contributed by atoms with Gasteiger partial charge in [-0.2, -0.15) is 0 Å². The summed E-state index contributed by atoms with van der Waals surface area (Å²) < 4.78 is 11.8. The van der Waals surface area contributed by atoms with Gasteiger partial charge in [0.2, 0.25) is 0 Å². The van der Waals surface area contributed by atoms with E-state index in [-0.39, 0.29) is 5.97 Å². The Morgan fingerprint density at radius 2 is 1.96 bits per heavy atom. The summed E-state index contributed by atoms with van der Waals surface area (Å²) in [7, 11) is 0. The Balaban J connectivity index is 1.77. The van der Waals surface area contributed by atoms with Crippen LogP contribution >= 0.6 is 39.1 Å². The number of esters is 1. The molecule has 2 aromatic carbocycles. The van der Waals surface area contributed by atoms with Gasteiger partial charge in [0, 0.05) is 9.86 Å². The Bertz CT molecular complexity index is 971. The van der Waals surface area contributed by atoms with Crippen LogP contribution in [-0.4, -0.2) is 24.2 Å². The topological polar surface area (TPSA) is 51.3 Å². The molecule has 27 heavy (non-hydrogen) atoms. The Morgan fingerprint density at radius 3 is 2.74 bits per heavy atom. The zero-order chi connectivity index (χ0) is 19.4. The monoisotopic (exact) mass is 469 g/mol. The summed E-state index contributed by atoms with van der Waals surface area (Å²) in [4.78, 5) is 15.5. The quantitative estimate of drug-likeness (QED) is 0.320. The van der Waals surface area contributed by atoms with Gasteiger partial charge in [0.1, 0.15) is 16.5 Å². The summed E-state index contributed by atoms with van der Waals surface area (Å²) in [6.07, 6.45) is 1.36. The van der Waals surface area contributed by atoms with Crippen LogP contribution in [0.15, 0.2) is 40.9 Å². The van der Waals surface area contributed by atoms with Crippen LogP contribution in [0.3, 0.4) is 0 Å². The third kappa shape index (κ3) is 4.42. The highest BCUT2D eigenvalue weighted by Gasteiger charge is 2.19. The second kappa shape index (κ2) is 9.00. The first-order valence-corrected chi connectivity index (χ1v) is 10.1. The molecule has 0 atom stereocenters. The number of nitrogens with one attached hydrogen (secondary N) is 1. The first-order valence-electron chi connectivity index (χ1n) is 8.56. The second-order valence-corrected chi connectivity index (χ2v) is 7.50. The molecule has 0 spiro atoms. The Hall–Kier alpha value is -1.69. The number of hydrogen-bond acceptors (Lipinski definition) is 3. The molecule has 0 saturated carbocycles. The van der Waals surface area contributed by atoms with Crippen molar-refractivity contribution in [3.8, 4) is 5.75 Å². The fourth-order valence-corrected chi connectivity index (χ4v) is 3.71. The molecule has 3 rings (SSSR count). The van der Waals surface area contributed by atoms with E-state index in [1.165, 1.54) is 0 Å². The molecule has 0 amide bonds. The van der Waals surface area contributed by atoms with Crippen LogP contribution in [0.1, 0.15) is 29.4 Å². The van der Waals surface area contributed by atoms with E-state index in [4.69, 9.17) is 32.7 Å². The van der Waals surface area contributed by atoms with Crippen molar-refractivity contribution in [3.05, 3.63) is 62.2 Å². The molecule has 4 nitrogen and oxygen atoms in total. The van der Waals surface area contributed by atoms with Gasteiger partial charge < -0.3 is 14.5 Å². The maximum Gasteiger partial charge on any atom is 0.355 e. The van der Waals surface area contributed by atoms with Crippen LogP contribution in [0.4, 0.5) is 0 Å². The molecule has 0 bridgehead atoms. The average Bonchev–Trinajstić information content (AvgIpc) is 3.02. The second-order valence-electron chi connectivity index (χ2n) is 5.87. The zero-order valence-electron chi connectivity index (χ0n) is 14.7. The lowest BCUT2D eigenvalue weighted by molar-refractivity contribution is 0.0519. The van der Waals surface area contributed by atoms with Crippen molar-refractivity contribution in [2.45, 2.75) is 19.8 Å². The molecule has 1 aromatic heterocycles. The van der Waals surface area contributed by atoms with Gasteiger partial charge in [0.15, 0.2) is 0 Å². The van der Waals surface area contributed by atoms with Gasteiger partial charge in [-0.25, -0.2) is 4.79 Å². The number of H-pyrrole nitrogens is 1. The number of para-hydroxylation sites is 1. The summed E-state index contributed by atoms with van der Waals surface area (Å²) >= 11 is 15.7.